The van der Waals surface area contributed by atoms with Crippen molar-refractivity contribution in [2.45, 2.75) is 19.6 Å². The summed E-state index contributed by atoms with van der Waals surface area (Å²) in [4.78, 5) is 35.8. The van der Waals surface area contributed by atoms with Gasteiger partial charge in [0.25, 0.3) is 5.91 Å². The SMILES string of the molecule is C[C@H](OC(=O)c1cc2c(s1)-c1ccccc1OC2)C(=O)NC(N)=O. The van der Waals surface area contributed by atoms with Gasteiger partial charge in [0.2, 0.25) is 0 Å². The number of thiophene rings is 1. The van der Waals surface area contributed by atoms with E-state index in [1.807, 2.05) is 29.6 Å². The molecule has 8 heteroatoms. The molecule has 1 aromatic carbocycles. The number of rotatable bonds is 3. The number of amides is 3. The zero-order valence-electron chi connectivity index (χ0n) is 12.7. The Bertz CT molecular complexity index is 830. The number of urea groups is 1. The zero-order valence-corrected chi connectivity index (χ0v) is 13.5. The topological polar surface area (TPSA) is 108 Å². The van der Waals surface area contributed by atoms with Crippen molar-refractivity contribution in [2.75, 3.05) is 0 Å². The summed E-state index contributed by atoms with van der Waals surface area (Å²) in [5.74, 6) is -0.647. The van der Waals surface area contributed by atoms with Crippen LogP contribution in [0.2, 0.25) is 0 Å². The number of imide groups is 1. The van der Waals surface area contributed by atoms with Crippen LogP contribution in [0.3, 0.4) is 0 Å². The van der Waals surface area contributed by atoms with Gasteiger partial charge in [0.05, 0.1) is 0 Å². The van der Waals surface area contributed by atoms with E-state index in [-0.39, 0.29) is 0 Å². The molecule has 1 aliphatic rings. The highest BCUT2D eigenvalue weighted by Gasteiger charge is 2.25. The number of nitrogens with two attached hydrogens (primary N) is 1. The first-order valence-electron chi connectivity index (χ1n) is 7.12. The minimum absolute atomic E-state index is 0.360. The van der Waals surface area contributed by atoms with Gasteiger partial charge in [-0.05, 0) is 25.1 Å². The van der Waals surface area contributed by atoms with Crippen LogP contribution in [0.25, 0.3) is 10.4 Å². The Kier molecular flexibility index (Phi) is 4.22. The normalized spacial score (nSPS) is 13.0. The number of hydrogen-bond acceptors (Lipinski definition) is 6. The summed E-state index contributed by atoms with van der Waals surface area (Å²) in [6.07, 6.45) is -1.13. The Morgan fingerprint density at radius 2 is 2.08 bits per heavy atom. The number of carbonyl (C=O) groups is 3. The molecule has 0 aliphatic carbocycles. The van der Waals surface area contributed by atoms with Crippen LogP contribution in [-0.2, 0) is 16.1 Å². The molecule has 0 saturated carbocycles. The van der Waals surface area contributed by atoms with Crippen LogP contribution in [0.15, 0.2) is 30.3 Å². The van der Waals surface area contributed by atoms with Gasteiger partial charge < -0.3 is 15.2 Å². The van der Waals surface area contributed by atoms with Gasteiger partial charge in [-0.2, -0.15) is 0 Å². The number of benzene rings is 1. The maximum Gasteiger partial charge on any atom is 0.349 e. The molecule has 24 heavy (non-hydrogen) atoms. The summed E-state index contributed by atoms with van der Waals surface area (Å²) < 4.78 is 10.7. The first-order chi connectivity index (χ1) is 11.5. The second-order valence-corrected chi connectivity index (χ2v) is 6.20. The predicted molar refractivity (Wildman–Crippen MR) is 86.7 cm³/mol. The van der Waals surface area contributed by atoms with Gasteiger partial charge >= 0.3 is 12.0 Å². The van der Waals surface area contributed by atoms with Crippen LogP contribution >= 0.6 is 11.3 Å². The molecule has 124 valence electrons. The smallest absolute Gasteiger partial charge is 0.349 e. The van der Waals surface area contributed by atoms with Gasteiger partial charge in [0.1, 0.15) is 17.2 Å². The number of primary amides is 1. The van der Waals surface area contributed by atoms with Gasteiger partial charge in [-0.3, -0.25) is 10.1 Å². The first kappa shape index (κ1) is 16.0. The van der Waals surface area contributed by atoms with E-state index in [9.17, 15) is 14.4 Å². The van der Waals surface area contributed by atoms with Crippen molar-refractivity contribution in [1.82, 2.24) is 5.32 Å². The Labute approximate surface area is 141 Å². The summed E-state index contributed by atoms with van der Waals surface area (Å²) in [7, 11) is 0. The maximum atomic E-state index is 12.2. The van der Waals surface area contributed by atoms with Gasteiger partial charge in [-0.25, -0.2) is 9.59 Å². The quantitative estimate of drug-likeness (QED) is 0.827. The molecule has 0 unspecified atom stereocenters. The third-order valence-electron chi connectivity index (χ3n) is 3.42. The molecular formula is C16H14N2O5S. The average Bonchev–Trinajstić information content (AvgIpc) is 2.99. The zero-order chi connectivity index (χ0) is 17.3. The fourth-order valence-corrected chi connectivity index (χ4v) is 3.38. The molecule has 0 bridgehead atoms. The molecule has 1 atom stereocenters. The van der Waals surface area contributed by atoms with E-state index in [2.05, 4.69) is 0 Å². The maximum absolute atomic E-state index is 12.2. The summed E-state index contributed by atoms with van der Waals surface area (Å²) in [6.45, 7) is 1.73. The first-order valence-corrected chi connectivity index (χ1v) is 7.93. The van der Waals surface area contributed by atoms with Crippen LogP contribution in [-0.4, -0.2) is 24.0 Å². The van der Waals surface area contributed by atoms with Crippen molar-refractivity contribution in [3.63, 3.8) is 0 Å². The van der Waals surface area contributed by atoms with E-state index in [1.165, 1.54) is 18.3 Å². The minimum Gasteiger partial charge on any atom is -0.488 e. The van der Waals surface area contributed by atoms with Crippen LogP contribution in [0, 0.1) is 0 Å². The van der Waals surface area contributed by atoms with E-state index in [0.29, 0.717) is 11.5 Å². The fraction of sp³-hybridized carbons (Fsp3) is 0.188. The summed E-state index contributed by atoms with van der Waals surface area (Å²) in [5, 5.41) is 1.87. The van der Waals surface area contributed by atoms with E-state index in [0.717, 1.165) is 21.8 Å². The van der Waals surface area contributed by atoms with E-state index in [1.54, 1.807) is 6.07 Å². The van der Waals surface area contributed by atoms with Crippen molar-refractivity contribution in [1.29, 1.82) is 0 Å². The number of carbonyl (C=O) groups excluding carboxylic acids is 3. The lowest BCUT2D eigenvalue weighted by Gasteiger charge is -2.16. The molecular weight excluding hydrogens is 332 g/mol. The Morgan fingerprint density at radius 1 is 1.33 bits per heavy atom. The Balaban J connectivity index is 1.78. The second-order valence-electron chi connectivity index (χ2n) is 5.15. The van der Waals surface area contributed by atoms with Crippen molar-refractivity contribution in [3.05, 3.63) is 40.8 Å². The number of fused-ring (bicyclic) bond motifs is 3. The minimum atomic E-state index is -1.13. The highest BCUT2D eigenvalue weighted by molar-refractivity contribution is 7.17. The average molecular weight is 346 g/mol. The molecule has 0 spiro atoms. The highest BCUT2D eigenvalue weighted by Crippen LogP contribution is 2.42. The lowest BCUT2D eigenvalue weighted by Crippen LogP contribution is -2.42. The van der Waals surface area contributed by atoms with Gasteiger partial charge in [-0.1, -0.05) is 12.1 Å². The lowest BCUT2D eigenvalue weighted by molar-refractivity contribution is -0.127. The third kappa shape index (κ3) is 3.09. The summed E-state index contributed by atoms with van der Waals surface area (Å²) >= 11 is 1.28. The predicted octanol–water partition coefficient (Wildman–Crippen LogP) is 2.05. The monoisotopic (exact) mass is 346 g/mol. The van der Waals surface area contributed by atoms with Gasteiger partial charge in [0, 0.05) is 16.0 Å². The molecule has 1 aromatic heterocycles. The molecule has 2 aromatic rings. The number of esters is 1. The number of hydrogen-bond donors (Lipinski definition) is 2. The summed E-state index contributed by atoms with van der Waals surface area (Å²) in [6, 6.07) is 8.25. The molecule has 0 saturated heterocycles. The number of nitrogens with one attached hydrogen (secondary N) is 1. The fourth-order valence-electron chi connectivity index (χ4n) is 2.30. The molecule has 0 radical (unpaired) electrons. The van der Waals surface area contributed by atoms with E-state index in [4.69, 9.17) is 15.2 Å². The van der Waals surface area contributed by atoms with Crippen molar-refractivity contribution in [2.24, 2.45) is 5.73 Å². The van der Waals surface area contributed by atoms with Crippen LogP contribution in [0.4, 0.5) is 4.79 Å². The highest BCUT2D eigenvalue weighted by atomic mass is 32.1. The van der Waals surface area contributed by atoms with Crippen LogP contribution < -0.4 is 15.8 Å². The standard InChI is InChI=1S/C16H14N2O5S/c1-8(14(19)18-16(17)21)23-15(20)12-6-9-7-22-11-5-3-2-4-10(11)13(9)24-12/h2-6,8H,7H2,1H3,(H3,17,18,19,21)/t8-/m0/s1. The molecule has 3 rings (SSSR count). The van der Waals surface area contributed by atoms with E-state index < -0.39 is 24.0 Å². The van der Waals surface area contributed by atoms with Gasteiger partial charge in [0.15, 0.2) is 6.10 Å². The molecule has 2 heterocycles. The summed E-state index contributed by atoms with van der Waals surface area (Å²) in [5.41, 5.74) is 6.67. The van der Waals surface area contributed by atoms with Crippen molar-refractivity contribution < 1.29 is 23.9 Å². The Morgan fingerprint density at radius 3 is 2.83 bits per heavy atom. The molecule has 7 nitrogen and oxygen atoms in total. The van der Waals surface area contributed by atoms with Crippen molar-refractivity contribution >= 4 is 29.2 Å². The third-order valence-corrected chi connectivity index (χ3v) is 4.62. The number of ether oxygens (including phenoxy) is 2. The largest absolute Gasteiger partial charge is 0.488 e. The molecule has 3 amide bonds. The molecule has 3 N–H and O–H groups in total. The van der Waals surface area contributed by atoms with Crippen molar-refractivity contribution in [3.8, 4) is 16.2 Å². The lowest BCUT2D eigenvalue weighted by atomic mass is 10.1. The molecule has 1 aliphatic heterocycles. The second kappa shape index (κ2) is 6.32. The van der Waals surface area contributed by atoms with Gasteiger partial charge in [-0.15, -0.1) is 11.3 Å². The number of para-hydroxylation sites is 1. The Hall–Kier alpha value is -2.87. The van der Waals surface area contributed by atoms with Crippen LogP contribution in [0.1, 0.15) is 22.2 Å². The molecule has 0 fully saturated rings. The van der Waals surface area contributed by atoms with E-state index >= 15 is 0 Å². The van der Waals surface area contributed by atoms with Crippen LogP contribution in [0.5, 0.6) is 5.75 Å².